The van der Waals surface area contributed by atoms with E-state index in [1.165, 1.54) is 0 Å². The molecule has 0 saturated carbocycles. The van der Waals surface area contributed by atoms with E-state index in [0.717, 1.165) is 68.3 Å². The van der Waals surface area contributed by atoms with Crippen LogP contribution in [0.5, 0.6) is 11.5 Å². The number of methoxy groups -OCH3 is 2. The Morgan fingerprint density at radius 1 is 0.895 bits per heavy atom. The molecule has 5 rings (SSSR count). The Labute approximate surface area is 240 Å². The van der Waals surface area contributed by atoms with Gasteiger partial charge in [0.1, 0.15) is 6.61 Å². The minimum Gasteiger partial charge on any atom is -0.493 e. The van der Waals surface area contributed by atoms with E-state index in [0.29, 0.717) is 44.1 Å². The summed E-state index contributed by atoms with van der Waals surface area (Å²) in [4.78, 5) is 29.2. The minimum atomic E-state index is -0.415. The van der Waals surface area contributed by atoms with Crippen LogP contribution in [0, 0.1) is 0 Å². The Morgan fingerprint density at radius 2 is 1.55 bits per heavy atom. The fraction of sp³-hybridized carbons (Fsp3) is 0.400. The molecule has 38 heavy (non-hydrogen) atoms. The summed E-state index contributed by atoms with van der Waals surface area (Å²) in [6, 6.07) is 11.8. The number of halogens is 2. The zero-order valence-corrected chi connectivity index (χ0v) is 24.8. The second kappa shape index (κ2) is 11.8. The van der Waals surface area contributed by atoms with Crippen molar-refractivity contribution in [3.63, 3.8) is 0 Å². The largest absolute Gasteiger partial charge is 0.493 e. The molecule has 0 aromatic heterocycles. The summed E-state index contributed by atoms with van der Waals surface area (Å²) in [5, 5.41) is 0. The zero-order chi connectivity index (χ0) is 26.8. The summed E-state index contributed by atoms with van der Waals surface area (Å²) < 4.78 is 19.1. The van der Waals surface area contributed by atoms with Crippen molar-refractivity contribution in [2.45, 2.75) is 51.0 Å². The molecule has 0 amide bonds. The van der Waals surface area contributed by atoms with Crippen LogP contribution < -0.4 is 9.47 Å². The molecule has 0 N–H and O–H groups in total. The highest BCUT2D eigenvalue weighted by atomic mass is 79.9. The average molecular weight is 645 g/mol. The first-order valence-electron chi connectivity index (χ1n) is 13.0. The minimum absolute atomic E-state index is 0.118. The molecule has 0 atom stereocenters. The molecule has 1 aliphatic heterocycles. The number of carbonyl (C=O) groups is 2. The summed E-state index contributed by atoms with van der Waals surface area (Å²) in [5.41, 5.74) is 5.45. The van der Waals surface area contributed by atoms with Crippen LogP contribution in [0.4, 0.5) is 0 Å². The summed E-state index contributed by atoms with van der Waals surface area (Å²) in [7, 11) is 3.29. The van der Waals surface area contributed by atoms with Crippen LogP contribution in [0.1, 0.15) is 55.6 Å². The number of ketones is 2. The highest BCUT2D eigenvalue weighted by Gasteiger charge is 2.43. The number of rotatable bonds is 8. The SMILES string of the molecule is COCCN1C2=C(C(=O)CCC2)C(c2cc(Br)c(OCc3ccccc3Br)c(OC)c2)C2=C1CCCC2=O. The Hall–Kier alpha value is -2.42. The van der Waals surface area contributed by atoms with Crippen molar-refractivity contribution >= 4 is 43.4 Å². The first kappa shape index (κ1) is 27.2. The lowest BCUT2D eigenvalue weighted by atomic mass is 9.71. The lowest BCUT2D eigenvalue weighted by molar-refractivity contribution is -0.117. The molecule has 1 heterocycles. The number of benzene rings is 2. The molecular weight excluding hydrogens is 614 g/mol. The third kappa shape index (κ3) is 5.10. The van der Waals surface area contributed by atoms with Crippen LogP contribution in [0.25, 0.3) is 0 Å². The quantitative estimate of drug-likeness (QED) is 0.313. The van der Waals surface area contributed by atoms with Crippen molar-refractivity contribution < 1.29 is 23.8 Å². The third-order valence-corrected chi connectivity index (χ3v) is 8.88. The van der Waals surface area contributed by atoms with Gasteiger partial charge in [-0.15, -0.1) is 0 Å². The van der Waals surface area contributed by atoms with Crippen molar-refractivity contribution in [2.75, 3.05) is 27.4 Å². The molecule has 3 aliphatic rings. The maximum atomic E-state index is 13.5. The average Bonchev–Trinajstić information content (AvgIpc) is 2.91. The Balaban J connectivity index is 1.60. The normalized spacial score (nSPS) is 18.1. The van der Waals surface area contributed by atoms with Crippen molar-refractivity contribution in [1.82, 2.24) is 4.90 Å². The molecule has 6 nitrogen and oxygen atoms in total. The van der Waals surface area contributed by atoms with Gasteiger partial charge in [-0.3, -0.25) is 9.59 Å². The summed E-state index contributed by atoms with van der Waals surface area (Å²) >= 11 is 7.28. The maximum Gasteiger partial charge on any atom is 0.175 e. The van der Waals surface area contributed by atoms with Gasteiger partial charge < -0.3 is 19.1 Å². The van der Waals surface area contributed by atoms with E-state index in [-0.39, 0.29) is 11.6 Å². The molecule has 0 radical (unpaired) electrons. The maximum absolute atomic E-state index is 13.5. The van der Waals surface area contributed by atoms with Gasteiger partial charge in [0, 0.05) is 65.0 Å². The van der Waals surface area contributed by atoms with E-state index in [4.69, 9.17) is 14.2 Å². The van der Waals surface area contributed by atoms with E-state index in [1.807, 2.05) is 36.4 Å². The predicted molar refractivity (Wildman–Crippen MR) is 152 cm³/mol. The van der Waals surface area contributed by atoms with Crippen molar-refractivity contribution in [2.24, 2.45) is 0 Å². The lowest BCUT2D eigenvalue weighted by Gasteiger charge is -2.44. The molecule has 2 aromatic rings. The van der Waals surface area contributed by atoms with Crippen LogP contribution in [0.2, 0.25) is 0 Å². The third-order valence-electron chi connectivity index (χ3n) is 7.52. The summed E-state index contributed by atoms with van der Waals surface area (Å²) in [6.45, 7) is 1.52. The van der Waals surface area contributed by atoms with Crippen LogP contribution in [0.15, 0.2) is 67.9 Å². The highest BCUT2D eigenvalue weighted by Crippen LogP contribution is 2.51. The number of allylic oxidation sites excluding steroid dienone is 4. The Bertz CT molecular complexity index is 1290. The smallest absolute Gasteiger partial charge is 0.175 e. The number of Topliss-reactive ketones (excluding diaryl/α,β-unsaturated/α-hetero) is 2. The molecule has 0 bridgehead atoms. The number of nitrogens with zero attached hydrogens (tertiary/aromatic N) is 1. The van der Waals surface area contributed by atoms with Gasteiger partial charge >= 0.3 is 0 Å². The predicted octanol–water partition coefficient (Wildman–Crippen LogP) is 6.86. The molecule has 0 fully saturated rings. The summed E-state index contributed by atoms with van der Waals surface area (Å²) in [6.07, 6.45) is 4.26. The van der Waals surface area contributed by atoms with Gasteiger partial charge in [0.15, 0.2) is 23.1 Å². The van der Waals surface area contributed by atoms with Gasteiger partial charge in [0.2, 0.25) is 0 Å². The van der Waals surface area contributed by atoms with E-state index >= 15 is 0 Å². The summed E-state index contributed by atoms with van der Waals surface area (Å²) in [5.74, 6) is 0.958. The fourth-order valence-electron chi connectivity index (χ4n) is 5.81. The van der Waals surface area contributed by atoms with Crippen molar-refractivity contribution in [3.8, 4) is 11.5 Å². The number of hydrogen-bond donors (Lipinski definition) is 0. The molecule has 200 valence electrons. The molecule has 0 saturated heterocycles. The molecular formula is C30H31Br2NO5. The second-order valence-electron chi connectivity index (χ2n) is 9.77. The second-order valence-corrected chi connectivity index (χ2v) is 11.5. The van der Waals surface area contributed by atoms with Crippen LogP contribution in [0.3, 0.4) is 0 Å². The zero-order valence-electron chi connectivity index (χ0n) is 21.6. The van der Waals surface area contributed by atoms with E-state index in [1.54, 1.807) is 14.2 Å². The van der Waals surface area contributed by atoms with Gasteiger partial charge in [0.25, 0.3) is 0 Å². The number of ether oxygens (including phenoxy) is 3. The fourth-order valence-corrected chi connectivity index (χ4v) is 6.79. The highest BCUT2D eigenvalue weighted by molar-refractivity contribution is 9.10. The van der Waals surface area contributed by atoms with Crippen LogP contribution in [-0.4, -0.2) is 43.8 Å². The van der Waals surface area contributed by atoms with E-state index in [9.17, 15) is 9.59 Å². The first-order chi connectivity index (χ1) is 18.4. The molecule has 0 spiro atoms. The Morgan fingerprint density at radius 3 is 2.16 bits per heavy atom. The first-order valence-corrected chi connectivity index (χ1v) is 14.6. The molecule has 2 aromatic carbocycles. The molecule has 2 aliphatic carbocycles. The Kier molecular flexibility index (Phi) is 8.41. The number of carbonyl (C=O) groups excluding carboxylic acids is 2. The van der Waals surface area contributed by atoms with Crippen LogP contribution >= 0.6 is 31.9 Å². The topological polar surface area (TPSA) is 65.1 Å². The van der Waals surface area contributed by atoms with Crippen molar-refractivity contribution in [1.29, 1.82) is 0 Å². The van der Waals surface area contributed by atoms with Gasteiger partial charge in [-0.05, 0) is 65.4 Å². The standard InChI is InChI=1S/C30H31Br2NO5/c1-36-14-13-33-22-9-5-11-24(34)28(22)27(29-23(33)10-6-12-25(29)35)19-15-21(32)30(26(16-19)37-2)38-17-18-7-3-4-8-20(18)31/h3-4,7-8,15-16,27H,5-6,9-14,17H2,1-2H3. The van der Waals surface area contributed by atoms with Gasteiger partial charge in [-0.2, -0.15) is 0 Å². The van der Waals surface area contributed by atoms with Gasteiger partial charge in [-0.1, -0.05) is 34.1 Å². The van der Waals surface area contributed by atoms with E-state index < -0.39 is 5.92 Å². The van der Waals surface area contributed by atoms with Crippen molar-refractivity contribution in [3.05, 3.63) is 79.0 Å². The molecule has 8 heteroatoms. The molecule has 0 unspecified atom stereocenters. The van der Waals surface area contributed by atoms with E-state index in [2.05, 4.69) is 36.8 Å². The van der Waals surface area contributed by atoms with Crippen LogP contribution in [-0.2, 0) is 20.9 Å². The number of hydrogen-bond acceptors (Lipinski definition) is 6. The van der Waals surface area contributed by atoms with Gasteiger partial charge in [0.05, 0.1) is 18.2 Å². The lowest BCUT2D eigenvalue weighted by Crippen LogP contribution is -2.40. The monoisotopic (exact) mass is 643 g/mol. The van der Waals surface area contributed by atoms with Gasteiger partial charge in [-0.25, -0.2) is 0 Å².